The molecule has 1 saturated carbocycles. The Labute approximate surface area is 196 Å². The van der Waals surface area contributed by atoms with Gasteiger partial charge in [-0.15, -0.1) is 0 Å². The number of aliphatic hydroxyl groups is 2. The maximum Gasteiger partial charge on any atom is 0.247 e. The number of nitrogens with one attached hydrogen (secondary N) is 1. The van der Waals surface area contributed by atoms with Crippen molar-refractivity contribution in [3.8, 4) is 5.75 Å². The molecule has 0 saturated heterocycles. The number of rotatable bonds is 7. The van der Waals surface area contributed by atoms with Crippen molar-refractivity contribution >= 4 is 11.8 Å². The van der Waals surface area contributed by atoms with Gasteiger partial charge in [0, 0.05) is 35.7 Å². The van der Waals surface area contributed by atoms with Crippen molar-refractivity contribution in [2.45, 2.75) is 43.6 Å². The van der Waals surface area contributed by atoms with Crippen LogP contribution in [0.5, 0.6) is 5.75 Å². The molecule has 8 heteroatoms. The average Bonchev–Trinajstić information content (AvgIpc) is 3.62. The molecule has 4 atom stereocenters. The van der Waals surface area contributed by atoms with Crippen LogP contribution in [0, 0.1) is 11.7 Å². The van der Waals surface area contributed by atoms with Crippen LogP contribution >= 0.6 is 0 Å². The van der Waals surface area contributed by atoms with E-state index in [0.717, 1.165) is 18.4 Å². The first-order valence-corrected chi connectivity index (χ1v) is 11.6. The molecule has 178 valence electrons. The molecule has 3 N–H and O–H groups in total. The Hall–Kier alpha value is -3.23. The molecule has 0 spiro atoms. The Kier molecular flexibility index (Phi) is 6.10. The van der Waals surface area contributed by atoms with E-state index in [2.05, 4.69) is 5.32 Å². The lowest BCUT2D eigenvalue weighted by molar-refractivity contribution is -0.139. The van der Waals surface area contributed by atoms with E-state index in [1.165, 1.54) is 11.0 Å². The third-order valence-electron chi connectivity index (χ3n) is 6.75. The lowest BCUT2D eigenvalue weighted by atomic mass is 9.77. The second-order valence-corrected chi connectivity index (χ2v) is 9.01. The van der Waals surface area contributed by atoms with Crippen molar-refractivity contribution in [1.29, 1.82) is 0 Å². The van der Waals surface area contributed by atoms with Gasteiger partial charge in [0.15, 0.2) is 0 Å². The summed E-state index contributed by atoms with van der Waals surface area (Å²) in [6.07, 6.45) is 1.21. The average molecular weight is 467 g/mol. The summed E-state index contributed by atoms with van der Waals surface area (Å²) in [5.74, 6) is -1.12. The van der Waals surface area contributed by atoms with Crippen molar-refractivity contribution in [2.75, 3.05) is 13.2 Å². The minimum atomic E-state index is -1.12. The molecular formula is C26H27FN2O5. The first-order chi connectivity index (χ1) is 16.5. The molecule has 1 heterocycles. The van der Waals surface area contributed by atoms with Crippen molar-refractivity contribution in [2.24, 2.45) is 5.92 Å². The summed E-state index contributed by atoms with van der Waals surface area (Å²) in [5.41, 5.74) is 1.48. The molecular weight excluding hydrogens is 439 g/mol. The van der Waals surface area contributed by atoms with Crippen LogP contribution in [0.25, 0.3) is 0 Å². The van der Waals surface area contributed by atoms with Crippen molar-refractivity contribution in [3.63, 3.8) is 0 Å². The highest BCUT2D eigenvalue weighted by Gasteiger charge is 2.51. The molecule has 2 amide bonds. The number of amides is 2. The number of carbonyl (C=O) groups excluding carboxylic acids is 2. The Morgan fingerprint density at radius 2 is 1.85 bits per heavy atom. The van der Waals surface area contributed by atoms with E-state index in [0.29, 0.717) is 16.9 Å². The first-order valence-electron chi connectivity index (χ1n) is 11.6. The van der Waals surface area contributed by atoms with Crippen molar-refractivity contribution in [3.05, 3.63) is 77.1 Å². The number of benzene rings is 2. The lowest BCUT2D eigenvalue weighted by Crippen LogP contribution is -2.55. The van der Waals surface area contributed by atoms with Crippen LogP contribution in [-0.4, -0.2) is 58.3 Å². The number of hydrogen-bond acceptors (Lipinski definition) is 5. The molecule has 3 aliphatic rings. The standard InChI is InChI=1S/C26H27FN2O5/c27-19-7-3-1-5-16(19)14-29(26(33)15-9-10-15)20-13-18(25(32)28-11-12-30)22-17-6-2-4-8-21(17)34-24(22)23(20)31/h1-8,13,15,20,22-24,30-31H,9-12,14H2,(H,28,32)/t20-,22+,23+,24+/m1/s1. The zero-order valence-electron chi connectivity index (χ0n) is 18.6. The van der Waals surface area contributed by atoms with Crippen molar-refractivity contribution in [1.82, 2.24) is 10.2 Å². The molecule has 1 aliphatic heterocycles. The number of para-hydroxylation sites is 1. The van der Waals surface area contributed by atoms with E-state index in [9.17, 15) is 24.2 Å². The van der Waals surface area contributed by atoms with E-state index < -0.39 is 35.9 Å². The normalized spacial score (nSPS) is 25.0. The Bertz CT molecular complexity index is 1130. The summed E-state index contributed by atoms with van der Waals surface area (Å²) < 4.78 is 20.6. The fourth-order valence-corrected chi connectivity index (χ4v) is 4.90. The van der Waals surface area contributed by atoms with Gasteiger partial charge in [0.25, 0.3) is 0 Å². The zero-order valence-corrected chi connectivity index (χ0v) is 18.6. The number of hydrogen-bond donors (Lipinski definition) is 3. The highest BCUT2D eigenvalue weighted by atomic mass is 19.1. The predicted octanol–water partition coefficient (Wildman–Crippen LogP) is 1.89. The minimum Gasteiger partial charge on any atom is -0.486 e. The van der Waals surface area contributed by atoms with Gasteiger partial charge in [0.05, 0.1) is 18.6 Å². The summed E-state index contributed by atoms with van der Waals surface area (Å²) in [7, 11) is 0. The van der Waals surface area contributed by atoms with E-state index >= 15 is 0 Å². The second kappa shape index (κ2) is 9.19. The van der Waals surface area contributed by atoms with E-state index in [1.807, 2.05) is 18.2 Å². The van der Waals surface area contributed by atoms with Crippen LogP contribution < -0.4 is 10.1 Å². The van der Waals surface area contributed by atoms with Crippen LogP contribution in [0.15, 0.2) is 60.2 Å². The van der Waals surface area contributed by atoms with Crippen LogP contribution in [0.2, 0.25) is 0 Å². The van der Waals surface area contributed by atoms with Gasteiger partial charge in [-0.3, -0.25) is 9.59 Å². The third-order valence-corrected chi connectivity index (χ3v) is 6.75. The lowest BCUT2D eigenvalue weighted by Gasteiger charge is -2.41. The Morgan fingerprint density at radius 1 is 1.12 bits per heavy atom. The van der Waals surface area contributed by atoms with Gasteiger partial charge < -0.3 is 25.2 Å². The molecule has 1 fully saturated rings. The van der Waals surface area contributed by atoms with Gasteiger partial charge >= 0.3 is 0 Å². The monoisotopic (exact) mass is 466 g/mol. The number of fused-ring (bicyclic) bond motifs is 3. The summed E-state index contributed by atoms with van der Waals surface area (Å²) in [6.45, 7) is -0.175. The van der Waals surface area contributed by atoms with Gasteiger partial charge in [0.1, 0.15) is 23.8 Å². The van der Waals surface area contributed by atoms with E-state index in [4.69, 9.17) is 4.74 Å². The van der Waals surface area contributed by atoms with Gasteiger partial charge in [-0.25, -0.2) is 4.39 Å². The van der Waals surface area contributed by atoms with Crippen LogP contribution in [-0.2, 0) is 16.1 Å². The molecule has 0 aromatic heterocycles. The molecule has 34 heavy (non-hydrogen) atoms. The predicted molar refractivity (Wildman–Crippen MR) is 121 cm³/mol. The number of carbonyl (C=O) groups is 2. The van der Waals surface area contributed by atoms with Gasteiger partial charge in [0.2, 0.25) is 11.8 Å². The maximum atomic E-state index is 14.5. The molecule has 2 aromatic carbocycles. The number of halogens is 1. The summed E-state index contributed by atoms with van der Waals surface area (Å²) in [6, 6.07) is 12.6. The molecule has 0 bridgehead atoms. The van der Waals surface area contributed by atoms with Crippen LogP contribution in [0.4, 0.5) is 4.39 Å². The molecule has 7 nitrogen and oxygen atoms in total. The number of aliphatic hydroxyl groups excluding tert-OH is 2. The van der Waals surface area contributed by atoms with Gasteiger partial charge in [-0.1, -0.05) is 36.4 Å². The smallest absolute Gasteiger partial charge is 0.247 e. The third kappa shape index (κ3) is 4.08. The Morgan fingerprint density at radius 3 is 2.59 bits per heavy atom. The highest BCUT2D eigenvalue weighted by Crippen LogP contribution is 2.47. The quantitative estimate of drug-likeness (QED) is 0.579. The number of ether oxygens (including phenoxy) is 1. The van der Waals surface area contributed by atoms with E-state index in [-0.39, 0.29) is 31.5 Å². The zero-order chi connectivity index (χ0) is 23.8. The van der Waals surface area contributed by atoms with Crippen molar-refractivity contribution < 1.29 is 28.9 Å². The highest BCUT2D eigenvalue weighted by molar-refractivity contribution is 5.96. The number of nitrogens with zero attached hydrogens (tertiary/aromatic N) is 1. The van der Waals surface area contributed by atoms with Gasteiger partial charge in [-0.05, 0) is 31.1 Å². The van der Waals surface area contributed by atoms with Crippen LogP contribution in [0.1, 0.15) is 29.9 Å². The first kappa shape index (κ1) is 22.6. The molecule has 2 aromatic rings. The van der Waals surface area contributed by atoms with E-state index in [1.54, 1.807) is 30.3 Å². The topological polar surface area (TPSA) is 99.1 Å². The fourth-order valence-electron chi connectivity index (χ4n) is 4.90. The van der Waals surface area contributed by atoms with Gasteiger partial charge in [-0.2, -0.15) is 0 Å². The summed E-state index contributed by atoms with van der Waals surface area (Å²) in [5, 5.41) is 23.3. The second-order valence-electron chi connectivity index (χ2n) is 9.01. The van der Waals surface area contributed by atoms with Crippen LogP contribution in [0.3, 0.4) is 0 Å². The molecule has 0 unspecified atom stereocenters. The minimum absolute atomic E-state index is 0.0316. The SMILES string of the molecule is O=C(NCCO)C1=C[C@@H](N(Cc2ccccc2F)C(=O)C2CC2)[C@H](O)[C@H]2Oc3ccccc3[C@@H]12. The largest absolute Gasteiger partial charge is 0.486 e. The molecule has 0 radical (unpaired) electrons. The Balaban J connectivity index is 1.56. The molecule has 2 aliphatic carbocycles. The molecule has 5 rings (SSSR count). The summed E-state index contributed by atoms with van der Waals surface area (Å²) in [4.78, 5) is 27.9. The summed E-state index contributed by atoms with van der Waals surface area (Å²) >= 11 is 0. The fraction of sp³-hybridized carbons (Fsp3) is 0.385. The maximum absolute atomic E-state index is 14.5.